The van der Waals surface area contributed by atoms with Crippen LogP contribution in [0.2, 0.25) is 0 Å². The molecule has 122 valence electrons. The number of guanidine groups is 1. The Balaban J connectivity index is 0.00000176. The molecule has 1 aromatic carbocycles. The second-order valence-corrected chi connectivity index (χ2v) is 6.94. The molecule has 2 heterocycles. The molecule has 9 heteroatoms. The average molecular weight is 349 g/mol. The Morgan fingerprint density at radius 3 is 2.64 bits per heavy atom. The van der Waals surface area contributed by atoms with Gasteiger partial charge in [-0.1, -0.05) is 12.1 Å². The van der Waals surface area contributed by atoms with Crippen molar-refractivity contribution in [2.45, 2.75) is 23.4 Å². The van der Waals surface area contributed by atoms with Crippen LogP contribution >= 0.6 is 12.4 Å². The molecule has 6 nitrogen and oxygen atoms in total. The molecule has 2 aliphatic heterocycles. The number of hydrogen-bond donors (Lipinski definition) is 3. The number of benzene rings is 1. The van der Waals surface area contributed by atoms with Gasteiger partial charge in [0.05, 0.1) is 12.2 Å². The fourth-order valence-electron chi connectivity index (χ4n) is 2.47. The first-order chi connectivity index (χ1) is 9.99. The van der Waals surface area contributed by atoms with Crippen molar-refractivity contribution < 1.29 is 12.8 Å². The second-order valence-electron chi connectivity index (χ2n) is 5.29. The largest absolute Gasteiger partial charge is 0.324 e. The number of aliphatic imine (C=N–C) groups is 1. The molecular weight excluding hydrogens is 331 g/mol. The lowest BCUT2D eigenvalue weighted by Crippen LogP contribution is -2.44. The van der Waals surface area contributed by atoms with E-state index in [0.717, 1.165) is 0 Å². The summed E-state index contributed by atoms with van der Waals surface area (Å²) in [6.45, 7) is 1.17. The number of nitrogens with zero attached hydrogens (tertiary/aromatic N) is 1. The van der Waals surface area contributed by atoms with Crippen molar-refractivity contribution in [3.05, 3.63) is 24.3 Å². The van der Waals surface area contributed by atoms with E-state index in [4.69, 9.17) is 0 Å². The highest BCUT2D eigenvalue weighted by Crippen LogP contribution is 2.26. The van der Waals surface area contributed by atoms with Crippen molar-refractivity contribution in [3.8, 4) is 0 Å². The van der Waals surface area contributed by atoms with Gasteiger partial charge in [0, 0.05) is 0 Å². The van der Waals surface area contributed by atoms with Gasteiger partial charge in [0.15, 0.2) is 0 Å². The molecule has 3 N–H and O–H groups in total. The van der Waals surface area contributed by atoms with Gasteiger partial charge in [0.2, 0.25) is 5.96 Å². The minimum atomic E-state index is -3.64. The first kappa shape index (κ1) is 17.0. The standard InChI is InChI=1S/C13H17FN4O2S.ClH/c14-13(5-7-15-8-6-13)9-16-12-17-10-3-1-2-4-11(10)21(19,20)18-12;/h1-4,15H,5-9H2,(H2,16,17,18);1H. The molecule has 1 aromatic rings. The molecule has 0 unspecified atom stereocenters. The first-order valence-electron chi connectivity index (χ1n) is 6.82. The van der Waals surface area contributed by atoms with E-state index in [1.165, 1.54) is 6.07 Å². The maximum Gasteiger partial charge on any atom is 0.266 e. The van der Waals surface area contributed by atoms with Gasteiger partial charge < -0.3 is 10.6 Å². The second kappa shape index (κ2) is 6.39. The summed E-state index contributed by atoms with van der Waals surface area (Å²) in [5.41, 5.74) is -0.921. The molecule has 0 aliphatic carbocycles. The molecule has 1 saturated heterocycles. The Morgan fingerprint density at radius 1 is 1.23 bits per heavy atom. The van der Waals surface area contributed by atoms with E-state index in [1.54, 1.807) is 18.2 Å². The Kier molecular flexibility index (Phi) is 4.93. The number of alkyl halides is 1. The van der Waals surface area contributed by atoms with Crippen molar-refractivity contribution in [1.82, 2.24) is 10.0 Å². The number of para-hydroxylation sites is 1. The third kappa shape index (κ3) is 3.50. The number of hydrogen-bond acceptors (Lipinski definition) is 4. The number of anilines is 1. The van der Waals surface area contributed by atoms with Crippen LogP contribution in [0.1, 0.15) is 12.8 Å². The lowest BCUT2D eigenvalue weighted by molar-refractivity contribution is 0.126. The van der Waals surface area contributed by atoms with Crippen LogP contribution in [0, 0.1) is 0 Å². The van der Waals surface area contributed by atoms with Gasteiger partial charge in [-0.15, -0.1) is 12.4 Å². The molecule has 0 saturated carbocycles. The van der Waals surface area contributed by atoms with Crippen LogP contribution in [0.25, 0.3) is 0 Å². The zero-order valence-electron chi connectivity index (χ0n) is 11.8. The van der Waals surface area contributed by atoms with Gasteiger partial charge >= 0.3 is 0 Å². The molecule has 2 aliphatic rings. The fourth-order valence-corrected chi connectivity index (χ4v) is 3.61. The summed E-state index contributed by atoms with van der Waals surface area (Å²) < 4.78 is 41.0. The molecule has 3 rings (SSSR count). The highest BCUT2D eigenvalue weighted by molar-refractivity contribution is 7.90. The molecule has 22 heavy (non-hydrogen) atoms. The van der Waals surface area contributed by atoms with E-state index in [9.17, 15) is 12.8 Å². The molecule has 0 radical (unpaired) electrons. The summed E-state index contributed by atoms with van der Waals surface area (Å²) in [6.07, 6.45) is 0.764. The molecule has 0 atom stereocenters. The molecule has 0 amide bonds. The SMILES string of the molecule is Cl.O=S1(=O)NC(=NCC2(F)CCNCC2)Nc2ccccc21. The average Bonchev–Trinajstić information content (AvgIpc) is 2.46. The molecule has 0 aromatic heterocycles. The Labute approximate surface area is 135 Å². The molecular formula is C13H18ClFN4O2S. The summed E-state index contributed by atoms with van der Waals surface area (Å²) in [5.74, 6) is 0.0734. The van der Waals surface area contributed by atoms with E-state index in [2.05, 4.69) is 20.3 Å². The zero-order chi connectivity index (χ0) is 14.9. The van der Waals surface area contributed by atoms with Gasteiger partial charge in [-0.25, -0.2) is 22.5 Å². The van der Waals surface area contributed by atoms with Gasteiger partial charge in [-0.05, 0) is 38.1 Å². The van der Waals surface area contributed by atoms with Gasteiger partial charge in [-0.3, -0.25) is 0 Å². The summed E-state index contributed by atoms with van der Waals surface area (Å²) in [5, 5.41) is 5.98. The topological polar surface area (TPSA) is 82.6 Å². The molecule has 1 fully saturated rings. The third-order valence-electron chi connectivity index (χ3n) is 3.68. The number of halogens is 2. The zero-order valence-corrected chi connectivity index (χ0v) is 13.4. The summed E-state index contributed by atoms with van der Waals surface area (Å²) in [4.78, 5) is 4.25. The van der Waals surface area contributed by atoms with Crippen LogP contribution in [0.5, 0.6) is 0 Å². The lowest BCUT2D eigenvalue weighted by Gasteiger charge is -2.29. The predicted octanol–water partition coefficient (Wildman–Crippen LogP) is 1.26. The van der Waals surface area contributed by atoms with Crippen molar-refractivity contribution in [2.24, 2.45) is 4.99 Å². The Morgan fingerprint density at radius 2 is 1.91 bits per heavy atom. The summed E-state index contributed by atoms with van der Waals surface area (Å²) in [7, 11) is -3.64. The normalized spacial score (nSPS) is 23.6. The smallest absolute Gasteiger partial charge is 0.266 e. The van der Waals surface area contributed by atoms with Gasteiger partial charge in [0.25, 0.3) is 10.0 Å². The third-order valence-corrected chi connectivity index (χ3v) is 5.08. The van der Waals surface area contributed by atoms with E-state index < -0.39 is 15.7 Å². The maximum absolute atomic E-state index is 14.5. The molecule has 0 bridgehead atoms. The minimum absolute atomic E-state index is 0. The van der Waals surface area contributed by atoms with E-state index >= 15 is 0 Å². The van der Waals surface area contributed by atoms with E-state index in [-0.39, 0.29) is 29.8 Å². The number of fused-ring (bicyclic) bond motifs is 1. The number of sulfonamides is 1. The Bertz CT molecular complexity index is 674. The number of piperidine rings is 1. The summed E-state index contributed by atoms with van der Waals surface area (Å²) >= 11 is 0. The van der Waals surface area contributed by atoms with Crippen molar-refractivity contribution in [3.63, 3.8) is 0 Å². The van der Waals surface area contributed by atoms with Crippen LogP contribution in [0.15, 0.2) is 34.2 Å². The first-order valence-corrected chi connectivity index (χ1v) is 8.30. The van der Waals surface area contributed by atoms with Crippen LogP contribution in [0.3, 0.4) is 0 Å². The van der Waals surface area contributed by atoms with Crippen LogP contribution in [-0.4, -0.2) is 39.7 Å². The summed E-state index contributed by atoms with van der Waals surface area (Å²) in [6, 6.07) is 6.53. The molecule has 0 spiro atoms. The number of nitrogens with one attached hydrogen (secondary N) is 3. The maximum atomic E-state index is 14.5. The van der Waals surface area contributed by atoms with Crippen LogP contribution in [-0.2, 0) is 10.0 Å². The van der Waals surface area contributed by atoms with E-state index in [0.29, 0.717) is 31.6 Å². The van der Waals surface area contributed by atoms with Crippen LogP contribution in [0.4, 0.5) is 10.1 Å². The van der Waals surface area contributed by atoms with Crippen molar-refractivity contribution in [1.29, 1.82) is 0 Å². The quantitative estimate of drug-likeness (QED) is 0.751. The monoisotopic (exact) mass is 348 g/mol. The fraction of sp³-hybridized carbons (Fsp3) is 0.462. The predicted molar refractivity (Wildman–Crippen MR) is 85.9 cm³/mol. The van der Waals surface area contributed by atoms with Crippen molar-refractivity contribution >= 4 is 34.1 Å². The number of rotatable bonds is 2. The highest BCUT2D eigenvalue weighted by Gasteiger charge is 2.32. The Hall–Kier alpha value is -1.38. The highest BCUT2D eigenvalue weighted by atomic mass is 35.5. The lowest BCUT2D eigenvalue weighted by atomic mass is 9.95. The van der Waals surface area contributed by atoms with E-state index in [1.807, 2.05) is 0 Å². The van der Waals surface area contributed by atoms with Crippen molar-refractivity contribution in [2.75, 3.05) is 25.0 Å². The van der Waals surface area contributed by atoms with Gasteiger partial charge in [0.1, 0.15) is 10.6 Å². The van der Waals surface area contributed by atoms with Gasteiger partial charge in [-0.2, -0.15) is 0 Å². The van der Waals surface area contributed by atoms with Crippen LogP contribution < -0.4 is 15.4 Å². The minimum Gasteiger partial charge on any atom is -0.324 e.